The average Bonchev–Trinajstić information content (AvgIpc) is 3.30. The number of allylic oxidation sites excluding steroid dienone is 1. The molecule has 9 heteroatoms. The smallest absolute Gasteiger partial charge is 0.222 e. The van der Waals surface area contributed by atoms with Crippen LogP contribution in [0.25, 0.3) is 27.5 Å². The van der Waals surface area contributed by atoms with Gasteiger partial charge in [0.25, 0.3) is 0 Å². The van der Waals surface area contributed by atoms with E-state index in [4.69, 9.17) is 15.2 Å². The van der Waals surface area contributed by atoms with Gasteiger partial charge in [-0.2, -0.15) is 4.98 Å². The molecule has 0 saturated carbocycles. The summed E-state index contributed by atoms with van der Waals surface area (Å²) in [6, 6.07) is 15.0. The van der Waals surface area contributed by atoms with Crippen molar-refractivity contribution in [1.29, 1.82) is 0 Å². The minimum Gasteiger partial charge on any atom is -0.496 e. The van der Waals surface area contributed by atoms with Crippen LogP contribution >= 0.6 is 0 Å². The number of nitrogens with two attached hydrogens (primary N) is 1. The highest BCUT2D eigenvalue weighted by Gasteiger charge is 2.21. The molecule has 0 fully saturated rings. The Balaban J connectivity index is 1.54. The van der Waals surface area contributed by atoms with Crippen LogP contribution in [0.4, 0.5) is 11.8 Å². The van der Waals surface area contributed by atoms with Gasteiger partial charge in [0, 0.05) is 30.6 Å². The van der Waals surface area contributed by atoms with Crippen molar-refractivity contribution in [3.63, 3.8) is 0 Å². The predicted molar refractivity (Wildman–Crippen MR) is 166 cm³/mol. The molecule has 9 nitrogen and oxygen atoms in total. The van der Waals surface area contributed by atoms with E-state index in [1.807, 2.05) is 12.1 Å². The Morgan fingerprint density at radius 2 is 2.02 bits per heavy atom. The predicted octanol–water partition coefficient (Wildman–Crippen LogP) is 4.97. The van der Waals surface area contributed by atoms with Gasteiger partial charge in [0.1, 0.15) is 16.8 Å². The maximum absolute atomic E-state index is 10.0. The zero-order valence-corrected chi connectivity index (χ0v) is 24.3. The first-order valence-electron chi connectivity index (χ1n) is 14.6. The number of nitrogens with zero attached hydrogens (tertiary/aromatic N) is 3. The second kappa shape index (κ2) is 13.3. The molecule has 2 aromatic carbocycles. The van der Waals surface area contributed by atoms with Crippen molar-refractivity contribution in [3.05, 3.63) is 59.7 Å². The van der Waals surface area contributed by atoms with Crippen LogP contribution in [0, 0.1) is 0 Å². The lowest BCUT2D eigenvalue weighted by molar-refractivity contribution is 0.195. The summed E-state index contributed by atoms with van der Waals surface area (Å²) in [5.41, 5.74) is 12.5. The second-order valence-electron chi connectivity index (χ2n) is 10.7. The van der Waals surface area contributed by atoms with Gasteiger partial charge < -0.3 is 35.5 Å². The quantitative estimate of drug-likeness (QED) is 0.170. The molecule has 1 aliphatic carbocycles. The van der Waals surface area contributed by atoms with E-state index in [9.17, 15) is 5.11 Å². The van der Waals surface area contributed by atoms with Gasteiger partial charge >= 0.3 is 0 Å². The van der Waals surface area contributed by atoms with Crippen molar-refractivity contribution in [1.82, 2.24) is 19.9 Å². The van der Waals surface area contributed by atoms with Crippen molar-refractivity contribution < 1.29 is 14.6 Å². The number of hydrogen-bond donors (Lipinski definition) is 4. The number of benzene rings is 2. The first kappa shape index (κ1) is 28.9. The summed E-state index contributed by atoms with van der Waals surface area (Å²) in [5, 5.41) is 18.1. The largest absolute Gasteiger partial charge is 0.496 e. The van der Waals surface area contributed by atoms with Crippen molar-refractivity contribution >= 4 is 39.3 Å². The topological polar surface area (TPSA) is 119 Å². The Hall–Kier alpha value is -3.66. The maximum Gasteiger partial charge on any atom is 0.222 e. The molecule has 2 aromatic heterocycles. The maximum atomic E-state index is 10.0. The van der Waals surface area contributed by atoms with Crippen LogP contribution in [0.3, 0.4) is 0 Å². The van der Waals surface area contributed by atoms with E-state index < -0.39 is 0 Å². The van der Waals surface area contributed by atoms with Crippen LogP contribution in [0.15, 0.2) is 48.5 Å². The Kier molecular flexibility index (Phi) is 9.38. The fourth-order valence-electron chi connectivity index (χ4n) is 5.88. The van der Waals surface area contributed by atoms with E-state index >= 15 is 0 Å². The Morgan fingerprint density at radius 3 is 2.76 bits per heavy atom. The van der Waals surface area contributed by atoms with Gasteiger partial charge in [0.15, 0.2) is 5.82 Å². The second-order valence-corrected chi connectivity index (χ2v) is 10.7. The number of hydrogen-bond acceptors (Lipinski definition) is 8. The highest BCUT2D eigenvalue weighted by molar-refractivity contribution is 6.09. The van der Waals surface area contributed by atoms with Crippen LogP contribution in [-0.4, -0.2) is 65.7 Å². The zero-order chi connectivity index (χ0) is 28.8. The number of ether oxygens (including phenoxy) is 2. The first-order chi connectivity index (χ1) is 20.1. The molecule has 2 atom stereocenters. The Labute approximate surface area is 241 Å². The number of nitrogens with one attached hydrogen (secondary N) is 2. The molecule has 4 aromatic rings. The fraction of sp³-hybridized carbons (Fsp3) is 0.438. The van der Waals surface area contributed by atoms with E-state index in [-0.39, 0.29) is 18.6 Å². The number of aliphatic hydroxyl groups is 1. The van der Waals surface area contributed by atoms with Crippen molar-refractivity contribution in [2.24, 2.45) is 0 Å². The number of aliphatic hydroxyl groups excluding tert-OH is 1. The van der Waals surface area contributed by atoms with Crippen molar-refractivity contribution in [2.75, 3.05) is 45.0 Å². The lowest BCUT2D eigenvalue weighted by Crippen LogP contribution is -2.32. The molecule has 0 aliphatic heterocycles. The van der Waals surface area contributed by atoms with Crippen molar-refractivity contribution in [2.45, 2.75) is 57.7 Å². The van der Waals surface area contributed by atoms with Gasteiger partial charge in [0.2, 0.25) is 5.95 Å². The third kappa shape index (κ3) is 6.32. The fourth-order valence-corrected chi connectivity index (χ4v) is 5.88. The van der Waals surface area contributed by atoms with Crippen LogP contribution < -0.4 is 21.1 Å². The van der Waals surface area contributed by atoms with Gasteiger partial charge in [-0.1, -0.05) is 43.7 Å². The van der Waals surface area contributed by atoms with Crippen LogP contribution in [0.1, 0.15) is 50.2 Å². The molecule has 1 unspecified atom stereocenters. The van der Waals surface area contributed by atoms with E-state index in [1.165, 1.54) is 11.1 Å². The Morgan fingerprint density at radius 1 is 1.17 bits per heavy atom. The van der Waals surface area contributed by atoms with Gasteiger partial charge in [-0.25, -0.2) is 4.98 Å². The Bertz CT molecular complexity index is 1510. The monoisotopic (exact) mass is 558 g/mol. The van der Waals surface area contributed by atoms with Gasteiger partial charge in [-0.05, 0) is 55.0 Å². The summed E-state index contributed by atoms with van der Waals surface area (Å²) in [6.07, 6.45) is 7.24. The SMILES string of the molecule is CCC[C@@H](CO)Nc1nc(N)nc2c3ccccc3n(Cc3cc(C4=CCC(NCCOC)CC4)ccc3OC)c12. The summed E-state index contributed by atoms with van der Waals surface area (Å²) in [7, 11) is 3.45. The number of para-hydroxylation sites is 1. The molecular weight excluding hydrogens is 516 g/mol. The highest BCUT2D eigenvalue weighted by atomic mass is 16.5. The summed E-state index contributed by atoms with van der Waals surface area (Å²) < 4.78 is 13.3. The van der Waals surface area contributed by atoms with Gasteiger partial charge in [-0.3, -0.25) is 0 Å². The highest BCUT2D eigenvalue weighted by Crippen LogP contribution is 2.36. The zero-order valence-electron chi connectivity index (χ0n) is 24.3. The molecule has 0 saturated heterocycles. The average molecular weight is 559 g/mol. The molecule has 0 bridgehead atoms. The molecule has 0 amide bonds. The number of aromatic nitrogens is 3. The van der Waals surface area contributed by atoms with Gasteiger partial charge in [0.05, 0.1) is 38.4 Å². The molecule has 1 aliphatic rings. The minimum absolute atomic E-state index is 0.00715. The van der Waals surface area contributed by atoms with Crippen LogP contribution in [-0.2, 0) is 11.3 Å². The van der Waals surface area contributed by atoms with Crippen LogP contribution in [0.2, 0.25) is 0 Å². The summed E-state index contributed by atoms with van der Waals surface area (Å²) in [4.78, 5) is 9.27. The third-order valence-corrected chi connectivity index (χ3v) is 7.95. The molecule has 218 valence electrons. The summed E-state index contributed by atoms with van der Waals surface area (Å²) in [6.45, 7) is 4.28. The number of rotatable bonds is 13. The number of fused-ring (bicyclic) bond motifs is 3. The molecule has 2 heterocycles. The van der Waals surface area contributed by atoms with E-state index in [0.29, 0.717) is 18.4 Å². The third-order valence-electron chi connectivity index (χ3n) is 7.95. The molecule has 0 spiro atoms. The lowest BCUT2D eigenvalue weighted by atomic mass is 9.90. The van der Waals surface area contributed by atoms with E-state index in [2.05, 4.69) is 68.5 Å². The lowest BCUT2D eigenvalue weighted by Gasteiger charge is -2.24. The summed E-state index contributed by atoms with van der Waals surface area (Å²) in [5.74, 6) is 1.67. The van der Waals surface area contributed by atoms with Gasteiger partial charge in [-0.15, -0.1) is 0 Å². The van der Waals surface area contributed by atoms with E-state index in [0.717, 1.165) is 78.5 Å². The molecule has 5 rings (SSSR count). The molecule has 41 heavy (non-hydrogen) atoms. The summed E-state index contributed by atoms with van der Waals surface area (Å²) >= 11 is 0. The minimum atomic E-state index is -0.132. The molecule has 0 radical (unpaired) electrons. The number of methoxy groups -OCH3 is 2. The van der Waals surface area contributed by atoms with Crippen molar-refractivity contribution in [3.8, 4) is 5.75 Å². The first-order valence-corrected chi connectivity index (χ1v) is 14.6. The normalized spacial score (nSPS) is 16.2. The standard InChI is InChI=1S/C32H42N6O3/c1-4-7-25(20-39)35-31-30-29(36-32(33)37-31)26-8-5-6-9-27(26)38(30)19-23-18-22(12-15-28(23)41-3)21-10-13-24(14-11-21)34-16-17-40-2/h5-6,8-10,12,15,18,24-25,34,39H,4,7,11,13-14,16-17,19-20H2,1-3H3,(H3,33,35,36,37)/t24?,25-/m0/s1. The molecule has 5 N–H and O–H groups in total. The van der Waals surface area contributed by atoms with E-state index in [1.54, 1.807) is 14.2 Å². The molecular formula is C32H42N6O3. The number of nitrogen functional groups attached to an aromatic ring is 1. The number of anilines is 2. The van der Waals surface area contributed by atoms with Crippen LogP contribution in [0.5, 0.6) is 5.75 Å².